The first-order chi connectivity index (χ1) is 7.01. The summed E-state index contributed by atoms with van der Waals surface area (Å²) in [6.45, 7) is 12.4. The van der Waals surface area contributed by atoms with Gasteiger partial charge >= 0.3 is 5.97 Å². The summed E-state index contributed by atoms with van der Waals surface area (Å²) in [6.07, 6.45) is 3.85. The SMILES string of the molecule is CC.CC.CC1(C)CCC(C(=O)O)CC1. The zero-order valence-corrected chi connectivity index (χ0v) is 11.3. The fourth-order valence-corrected chi connectivity index (χ4v) is 1.65. The summed E-state index contributed by atoms with van der Waals surface area (Å²) >= 11 is 0. The molecule has 0 atom stereocenters. The first kappa shape index (κ1) is 16.9. The van der Waals surface area contributed by atoms with Crippen molar-refractivity contribution in [2.45, 2.75) is 67.2 Å². The van der Waals surface area contributed by atoms with E-state index < -0.39 is 5.97 Å². The van der Waals surface area contributed by atoms with Gasteiger partial charge in [-0.1, -0.05) is 41.5 Å². The fraction of sp³-hybridized carbons (Fsp3) is 0.923. The van der Waals surface area contributed by atoms with Crippen LogP contribution in [0.5, 0.6) is 0 Å². The van der Waals surface area contributed by atoms with Crippen LogP contribution >= 0.6 is 0 Å². The van der Waals surface area contributed by atoms with Crippen molar-refractivity contribution < 1.29 is 9.90 Å². The number of carboxylic acid groups (broad SMARTS) is 1. The molecule has 0 spiro atoms. The standard InChI is InChI=1S/C9H16O2.2C2H6/c1-9(2)5-3-7(4-6-9)8(10)11;2*1-2/h7H,3-6H2,1-2H3,(H,10,11);2*1-2H3. The summed E-state index contributed by atoms with van der Waals surface area (Å²) in [5.41, 5.74) is 0.381. The summed E-state index contributed by atoms with van der Waals surface area (Å²) in [4.78, 5) is 10.6. The lowest BCUT2D eigenvalue weighted by Gasteiger charge is -2.32. The molecule has 1 N–H and O–H groups in total. The molecule has 92 valence electrons. The van der Waals surface area contributed by atoms with Crippen LogP contribution in [0.2, 0.25) is 0 Å². The lowest BCUT2D eigenvalue weighted by atomic mass is 9.73. The van der Waals surface area contributed by atoms with Gasteiger partial charge in [0.15, 0.2) is 0 Å². The Morgan fingerprint density at radius 2 is 1.40 bits per heavy atom. The number of hydrogen-bond donors (Lipinski definition) is 1. The Kier molecular flexibility index (Phi) is 9.85. The minimum absolute atomic E-state index is 0.0666. The molecule has 1 aliphatic rings. The summed E-state index contributed by atoms with van der Waals surface area (Å²) in [5.74, 6) is -0.677. The Morgan fingerprint density at radius 1 is 1.07 bits per heavy atom. The summed E-state index contributed by atoms with van der Waals surface area (Å²) in [7, 11) is 0. The second kappa shape index (κ2) is 8.75. The molecule has 0 aliphatic heterocycles. The predicted octanol–water partition coefficient (Wildman–Crippen LogP) is 4.34. The Hall–Kier alpha value is -0.530. The minimum Gasteiger partial charge on any atom is -0.481 e. The molecule has 15 heavy (non-hydrogen) atoms. The maximum atomic E-state index is 10.6. The largest absolute Gasteiger partial charge is 0.481 e. The van der Waals surface area contributed by atoms with Gasteiger partial charge in [-0.25, -0.2) is 0 Å². The van der Waals surface area contributed by atoms with Crippen LogP contribution in [0.15, 0.2) is 0 Å². The van der Waals surface area contributed by atoms with Crippen LogP contribution in [0.4, 0.5) is 0 Å². The molecule has 0 aromatic carbocycles. The number of carboxylic acids is 1. The van der Waals surface area contributed by atoms with Crippen molar-refractivity contribution in [2.24, 2.45) is 11.3 Å². The predicted molar refractivity (Wildman–Crippen MR) is 66.1 cm³/mol. The van der Waals surface area contributed by atoms with E-state index >= 15 is 0 Å². The number of hydrogen-bond acceptors (Lipinski definition) is 1. The van der Waals surface area contributed by atoms with Crippen molar-refractivity contribution >= 4 is 5.97 Å². The molecule has 0 bridgehead atoms. The Morgan fingerprint density at radius 3 is 1.67 bits per heavy atom. The van der Waals surface area contributed by atoms with Gasteiger partial charge in [-0.3, -0.25) is 4.79 Å². The minimum atomic E-state index is -0.611. The highest BCUT2D eigenvalue weighted by Crippen LogP contribution is 2.37. The highest BCUT2D eigenvalue weighted by Gasteiger charge is 2.30. The lowest BCUT2D eigenvalue weighted by Crippen LogP contribution is -2.25. The molecule has 1 aliphatic carbocycles. The molecular formula is C13H28O2. The van der Waals surface area contributed by atoms with Crippen molar-refractivity contribution in [2.75, 3.05) is 0 Å². The lowest BCUT2D eigenvalue weighted by molar-refractivity contribution is -0.143. The van der Waals surface area contributed by atoms with Gasteiger partial charge in [0.05, 0.1) is 5.92 Å². The molecule has 2 nitrogen and oxygen atoms in total. The van der Waals surface area contributed by atoms with Gasteiger partial charge in [0.25, 0.3) is 0 Å². The molecule has 1 saturated carbocycles. The van der Waals surface area contributed by atoms with Crippen LogP contribution in [0.25, 0.3) is 0 Å². The maximum absolute atomic E-state index is 10.6. The average molecular weight is 216 g/mol. The molecule has 0 radical (unpaired) electrons. The molecule has 0 unspecified atom stereocenters. The van der Waals surface area contributed by atoms with E-state index in [4.69, 9.17) is 5.11 Å². The smallest absolute Gasteiger partial charge is 0.306 e. The van der Waals surface area contributed by atoms with Gasteiger partial charge in [-0.2, -0.15) is 0 Å². The first-order valence-corrected chi connectivity index (χ1v) is 6.24. The Labute approximate surface area is 95.1 Å². The normalized spacial score (nSPS) is 19.1. The molecule has 0 saturated heterocycles. The van der Waals surface area contributed by atoms with Crippen molar-refractivity contribution in [3.05, 3.63) is 0 Å². The van der Waals surface area contributed by atoms with E-state index in [-0.39, 0.29) is 5.92 Å². The van der Waals surface area contributed by atoms with Crippen LogP contribution in [0.1, 0.15) is 67.2 Å². The van der Waals surface area contributed by atoms with Gasteiger partial charge < -0.3 is 5.11 Å². The molecule has 0 aromatic heterocycles. The molecule has 2 heteroatoms. The van der Waals surface area contributed by atoms with E-state index in [2.05, 4.69) is 13.8 Å². The zero-order valence-electron chi connectivity index (χ0n) is 11.3. The first-order valence-electron chi connectivity index (χ1n) is 6.24. The number of aliphatic carboxylic acids is 1. The van der Waals surface area contributed by atoms with Crippen molar-refractivity contribution in [3.63, 3.8) is 0 Å². The average Bonchev–Trinajstić information content (AvgIpc) is 2.23. The molecule has 0 amide bonds. The van der Waals surface area contributed by atoms with Crippen LogP contribution in [0, 0.1) is 11.3 Å². The Bertz CT molecular complexity index is 152. The van der Waals surface area contributed by atoms with Crippen LogP contribution in [-0.4, -0.2) is 11.1 Å². The van der Waals surface area contributed by atoms with E-state index in [0.29, 0.717) is 5.41 Å². The van der Waals surface area contributed by atoms with Crippen LogP contribution < -0.4 is 0 Å². The van der Waals surface area contributed by atoms with Crippen molar-refractivity contribution in [1.82, 2.24) is 0 Å². The van der Waals surface area contributed by atoms with Crippen molar-refractivity contribution in [3.8, 4) is 0 Å². The highest BCUT2D eigenvalue weighted by molar-refractivity contribution is 5.70. The third-order valence-corrected chi connectivity index (χ3v) is 2.69. The maximum Gasteiger partial charge on any atom is 0.306 e. The van der Waals surface area contributed by atoms with Gasteiger partial charge in [0.1, 0.15) is 0 Å². The molecule has 1 rings (SSSR count). The summed E-state index contributed by atoms with van der Waals surface area (Å²) < 4.78 is 0. The van der Waals surface area contributed by atoms with Gasteiger partial charge in [-0.05, 0) is 31.1 Å². The third kappa shape index (κ3) is 7.40. The van der Waals surface area contributed by atoms with Crippen molar-refractivity contribution in [1.29, 1.82) is 0 Å². The van der Waals surface area contributed by atoms with Crippen LogP contribution in [0.3, 0.4) is 0 Å². The van der Waals surface area contributed by atoms with E-state index in [1.54, 1.807) is 0 Å². The zero-order chi connectivity index (χ0) is 12.5. The molecule has 0 aromatic rings. The van der Waals surface area contributed by atoms with E-state index in [0.717, 1.165) is 25.7 Å². The fourth-order valence-electron chi connectivity index (χ4n) is 1.65. The molecule has 0 heterocycles. The summed E-state index contributed by atoms with van der Waals surface area (Å²) in [6, 6.07) is 0. The second-order valence-corrected chi connectivity index (χ2v) is 4.28. The quantitative estimate of drug-likeness (QED) is 0.708. The highest BCUT2D eigenvalue weighted by atomic mass is 16.4. The Balaban J connectivity index is 0. The molecule has 1 fully saturated rings. The van der Waals surface area contributed by atoms with Gasteiger partial charge in [-0.15, -0.1) is 0 Å². The topological polar surface area (TPSA) is 37.3 Å². The van der Waals surface area contributed by atoms with Gasteiger partial charge in [0.2, 0.25) is 0 Å². The van der Waals surface area contributed by atoms with Crippen LogP contribution in [-0.2, 0) is 4.79 Å². The second-order valence-electron chi connectivity index (χ2n) is 4.28. The third-order valence-electron chi connectivity index (χ3n) is 2.69. The van der Waals surface area contributed by atoms with Gasteiger partial charge in [0, 0.05) is 0 Å². The molecular weight excluding hydrogens is 188 g/mol. The number of rotatable bonds is 1. The monoisotopic (exact) mass is 216 g/mol. The summed E-state index contributed by atoms with van der Waals surface area (Å²) in [5, 5.41) is 8.71. The van der Waals surface area contributed by atoms with E-state index in [1.807, 2.05) is 27.7 Å². The van der Waals surface area contributed by atoms with E-state index in [9.17, 15) is 4.79 Å². The van der Waals surface area contributed by atoms with E-state index in [1.165, 1.54) is 0 Å². The number of carbonyl (C=O) groups is 1.